The minimum Gasteiger partial charge on any atom is -0.395 e. The van der Waals surface area contributed by atoms with Crippen LogP contribution in [0.1, 0.15) is 68.7 Å². The summed E-state index contributed by atoms with van der Waals surface area (Å²) in [5, 5.41) is 14.3. The van der Waals surface area contributed by atoms with Crippen molar-refractivity contribution in [2.45, 2.75) is 71.4 Å². The molecule has 0 saturated heterocycles. The van der Waals surface area contributed by atoms with Crippen molar-refractivity contribution in [3.63, 3.8) is 0 Å². The van der Waals surface area contributed by atoms with Crippen molar-refractivity contribution in [1.82, 2.24) is 10.3 Å². The monoisotopic (exact) mass is 296 g/mol. The predicted octanol–water partition coefficient (Wildman–Crippen LogP) is 3.69. The summed E-state index contributed by atoms with van der Waals surface area (Å²) in [5.41, 5.74) is 0.239. The SMILES string of the molecule is CC(C)(C)CC(CO)NCc1cnc(C2CCCC2)s1. The Kier molecular flexibility index (Phi) is 5.58. The highest BCUT2D eigenvalue weighted by atomic mass is 32.1. The van der Waals surface area contributed by atoms with Crippen molar-refractivity contribution in [1.29, 1.82) is 0 Å². The third-order valence-corrected chi connectivity index (χ3v) is 5.08. The molecular weight excluding hydrogens is 268 g/mol. The van der Waals surface area contributed by atoms with E-state index in [9.17, 15) is 5.11 Å². The summed E-state index contributed by atoms with van der Waals surface area (Å²) >= 11 is 1.85. The number of aliphatic hydroxyl groups is 1. The van der Waals surface area contributed by atoms with Crippen molar-refractivity contribution in [3.8, 4) is 0 Å². The van der Waals surface area contributed by atoms with E-state index in [1.54, 1.807) is 0 Å². The Morgan fingerprint density at radius 2 is 2.10 bits per heavy atom. The lowest BCUT2D eigenvalue weighted by atomic mass is 9.88. The Bertz CT molecular complexity index is 405. The molecule has 1 saturated carbocycles. The Morgan fingerprint density at radius 1 is 1.40 bits per heavy atom. The molecule has 0 radical (unpaired) electrons. The van der Waals surface area contributed by atoms with Gasteiger partial charge < -0.3 is 10.4 Å². The van der Waals surface area contributed by atoms with Gasteiger partial charge in [0.2, 0.25) is 0 Å². The number of hydrogen-bond donors (Lipinski definition) is 2. The van der Waals surface area contributed by atoms with Crippen LogP contribution in [0.4, 0.5) is 0 Å². The van der Waals surface area contributed by atoms with Gasteiger partial charge in [-0.3, -0.25) is 0 Å². The predicted molar refractivity (Wildman–Crippen MR) is 85.1 cm³/mol. The molecule has 1 aliphatic rings. The van der Waals surface area contributed by atoms with Gasteiger partial charge in [-0.05, 0) is 24.7 Å². The first-order chi connectivity index (χ1) is 9.48. The zero-order valence-electron chi connectivity index (χ0n) is 13.0. The quantitative estimate of drug-likeness (QED) is 0.841. The summed E-state index contributed by atoms with van der Waals surface area (Å²) in [5.74, 6) is 0.706. The molecule has 1 heterocycles. The molecule has 3 nitrogen and oxygen atoms in total. The van der Waals surface area contributed by atoms with Gasteiger partial charge in [0.15, 0.2) is 0 Å². The van der Waals surface area contributed by atoms with Crippen LogP contribution in [-0.2, 0) is 6.54 Å². The summed E-state index contributed by atoms with van der Waals surface area (Å²) in [6, 6.07) is 0.173. The zero-order chi connectivity index (χ0) is 14.6. The summed E-state index contributed by atoms with van der Waals surface area (Å²) in [6.07, 6.45) is 8.33. The number of aliphatic hydroxyl groups excluding tert-OH is 1. The second-order valence-electron chi connectivity index (χ2n) is 7.17. The van der Waals surface area contributed by atoms with E-state index in [2.05, 4.69) is 31.1 Å². The van der Waals surface area contributed by atoms with Crippen LogP contribution in [-0.4, -0.2) is 22.7 Å². The average Bonchev–Trinajstić information content (AvgIpc) is 3.03. The molecule has 0 bridgehead atoms. The van der Waals surface area contributed by atoms with Gasteiger partial charge in [-0.1, -0.05) is 33.6 Å². The molecule has 0 aromatic carbocycles. The van der Waals surface area contributed by atoms with Gasteiger partial charge in [0, 0.05) is 29.6 Å². The van der Waals surface area contributed by atoms with Crippen molar-refractivity contribution >= 4 is 11.3 Å². The summed E-state index contributed by atoms with van der Waals surface area (Å²) in [7, 11) is 0. The maximum absolute atomic E-state index is 9.47. The molecule has 1 unspecified atom stereocenters. The highest BCUT2D eigenvalue weighted by Gasteiger charge is 2.21. The van der Waals surface area contributed by atoms with Gasteiger partial charge in [-0.2, -0.15) is 0 Å². The van der Waals surface area contributed by atoms with E-state index >= 15 is 0 Å². The van der Waals surface area contributed by atoms with E-state index in [1.807, 2.05) is 17.5 Å². The molecule has 1 aromatic rings. The second kappa shape index (κ2) is 7.01. The van der Waals surface area contributed by atoms with Crippen molar-refractivity contribution in [3.05, 3.63) is 16.1 Å². The first-order valence-electron chi connectivity index (χ1n) is 7.77. The number of hydrogen-bond acceptors (Lipinski definition) is 4. The first-order valence-corrected chi connectivity index (χ1v) is 8.58. The van der Waals surface area contributed by atoms with Crippen LogP contribution >= 0.6 is 11.3 Å². The van der Waals surface area contributed by atoms with E-state index in [-0.39, 0.29) is 18.1 Å². The highest BCUT2D eigenvalue weighted by molar-refractivity contribution is 7.11. The Morgan fingerprint density at radius 3 is 2.70 bits per heavy atom. The van der Waals surface area contributed by atoms with Gasteiger partial charge in [0.05, 0.1) is 11.6 Å². The van der Waals surface area contributed by atoms with Crippen molar-refractivity contribution < 1.29 is 5.11 Å². The third kappa shape index (κ3) is 4.83. The molecule has 0 aliphatic heterocycles. The second-order valence-corrected chi connectivity index (χ2v) is 8.32. The lowest BCUT2D eigenvalue weighted by molar-refractivity contribution is 0.198. The number of thiazole rings is 1. The molecular formula is C16H28N2OS. The van der Waals surface area contributed by atoms with Crippen LogP contribution < -0.4 is 5.32 Å². The fourth-order valence-electron chi connectivity index (χ4n) is 2.95. The van der Waals surface area contributed by atoms with E-state index in [0.717, 1.165) is 13.0 Å². The topological polar surface area (TPSA) is 45.1 Å². The maximum Gasteiger partial charge on any atom is 0.0959 e. The van der Waals surface area contributed by atoms with Crippen LogP contribution in [0.2, 0.25) is 0 Å². The summed E-state index contributed by atoms with van der Waals surface area (Å²) < 4.78 is 0. The normalized spacial score (nSPS) is 18.6. The number of nitrogens with one attached hydrogen (secondary N) is 1. The summed E-state index contributed by atoms with van der Waals surface area (Å²) in [4.78, 5) is 5.88. The highest BCUT2D eigenvalue weighted by Crippen LogP contribution is 2.36. The van der Waals surface area contributed by atoms with Gasteiger partial charge in [-0.15, -0.1) is 11.3 Å². The van der Waals surface area contributed by atoms with Gasteiger partial charge in [0.25, 0.3) is 0 Å². The zero-order valence-corrected chi connectivity index (χ0v) is 13.8. The first kappa shape index (κ1) is 15.9. The standard InChI is InChI=1S/C16H28N2OS/c1-16(2,3)8-13(11-19)17-9-14-10-18-15(20-14)12-6-4-5-7-12/h10,12-13,17,19H,4-9,11H2,1-3H3. The minimum absolute atomic E-state index is 0.173. The Hall–Kier alpha value is -0.450. The van der Waals surface area contributed by atoms with Gasteiger partial charge in [0.1, 0.15) is 0 Å². The molecule has 2 N–H and O–H groups in total. The van der Waals surface area contributed by atoms with Crippen molar-refractivity contribution in [2.24, 2.45) is 5.41 Å². The maximum atomic E-state index is 9.47. The van der Waals surface area contributed by atoms with Crippen LogP contribution in [0.5, 0.6) is 0 Å². The molecule has 1 fully saturated rings. The smallest absolute Gasteiger partial charge is 0.0959 e. The molecule has 4 heteroatoms. The van der Waals surface area contributed by atoms with Crippen LogP contribution in [0, 0.1) is 5.41 Å². The molecule has 1 aromatic heterocycles. The summed E-state index contributed by atoms with van der Waals surface area (Å²) in [6.45, 7) is 7.66. The van der Waals surface area contributed by atoms with Crippen LogP contribution in [0.3, 0.4) is 0 Å². The van der Waals surface area contributed by atoms with E-state index in [1.165, 1.54) is 35.6 Å². The largest absolute Gasteiger partial charge is 0.395 e. The van der Waals surface area contributed by atoms with Crippen LogP contribution in [0.15, 0.2) is 6.20 Å². The molecule has 0 spiro atoms. The molecule has 1 atom stereocenters. The van der Waals surface area contributed by atoms with Gasteiger partial charge in [-0.25, -0.2) is 4.98 Å². The van der Waals surface area contributed by atoms with Gasteiger partial charge >= 0.3 is 0 Å². The van der Waals surface area contributed by atoms with E-state index in [4.69, 9.17) is 0 Å². The van der Waals surface area contributed by atoms with E-state index in [0.29, 0.717) is 5.92 Å². The fourth-order valence-corrected chi connectivity index (χ4v) is 3.99. The number of nitrogens with zero attached hydrogens (tertiary/aromatic N) is 1. The fraction of sp³-hybridized carbons (Fsp3) is 0.812. The molecule has 2 rings (SSSR count). The average molecular weight is 296 g/mol. The third-order valence-electron chi connectivity index (χ3n) is 3.92. The lowest BCUT2D eigenvalue weighted by Gasteiger charge is -2.25. The van der Waals surface area contributed by atoms with Crippen molar-refractivity contribution in [2.75, 3.05) is 6.61 Å². The number of rotatable bonds is 6. The van der Waals surface area contributed by atoms with Crippen LogP contribution in [0.25, 0.3) is 0 Å². The molecule has 114 valence electrons. The Balaban J connectivity index is 1.83. The Labute approximate surface area is 126 Å². The number of aromatic nitrogens is 1. The lowest BCUT2D eigenvalue weighted by Crippen LogP contribution is -2.35. The molecule has 0 amide bonds. The van der Waals surface area contributed by atoms with E-state index < -0.39 is 0 Å². The molecule has 20 heavy (non-hydrogen) atoms. The molecule has 1 aliphatic carbocycles. The minimum atomic E-state index is 0.173.